The van der Waals surface area contributed by atoms with Gasteiger partial charge in [-0.25, -0.2) is 0 Å². The topological polar surface area (TPSA) is 15.3 Å². The van der Waals surface area contributed by atoms with Crippen molar-refractivity contribution >= 4 is 0 Å². The van der Waals surface area contributed by atoms with Crippen molar-refractivity contribution in [2.45, 2.75) is 62.9 Å². The monoisotopic (exact) mass is 296 g/mol. The highest BCUT2D eigenvalue weighted by Crippen LogP contribution is 2.52. The van der Waals surface area contributed by atoms with E-state index >= 15 is 0 Å². The van der Waals surface area contributed by atoms with E-state index in [1.54, 1.807) is 11.1 Å². The van der Waals surface area contributed by atoms with Gasteiger partial charge in [-0.15, -0.1) is 0 Å². The van der Waals surface area contributed by atoms with Gasteiger partial charge in [-0.1, -0.05) is 24.3 Å². The summed E-state index contributed by atoms with van der Waals surface area (Å²) in [4.78, 5) is 2.88. The first-order valence-electron chi connectivity index (χ1n) is 9.40. The van der Waals surface area contributed by atoms with Crippen LogP contribution in [0, 0.1) is 5.41 Å². The summed E-state index contributed by atoms with van der Waals surface area (Å²) in [5, 5.41) is 3.58. The van der Waals surface area contributed by atoms with Crippen LogP contribution in [0.25, 0.3) is 0 Å². The Kier molecular flexibility index (Phi) is 3.13. The summed E-state index contributed by atoms with van der Waals surface area (Å²) >= 11 is 0. The SMILES string of the molecule is c1ccc([C@@H]2CCCN2C2CC3(CCNC3)C2)c(C2CC2)c1. The fourth-order valence-corrected chi connectivity index (χ4v) is 5.46. The average molecular weight is 296 g/mol. The predicted octanol–water partition coefficient (Wildman–Crippen LogP) is 3.84. The van der Waals surface area contributed by atoms with Gasteiger partial charge in [0.2, 0.25) is 0 Å². The van der Waals surface area contributed by atoms with Gasteiger partial charge in [0.15, 0.2) is 0 Å². The molecule has 1 aromatic carbocycles. The minimum atomic E-state index is 0.674. The molecule has 118 valence electrons. The Balaban J connectivity index is 1.36. The zero-order chi connectivity index (χ0) is 14.6. The average Bonchev–Trinajstić information content (AvgIpc) is 3.05. The summed E-state index contributed by atoms with van der Waals surface area (Å²) in [5.74, 6) is 0.880. The summed E-state index contributed by atoms with van der Waals surface area (Å²) in [6, 6.07) is 10.9. The maximum Gasteiger partial charge on any atom is 0.0354 e. The van der Waals surface area contributed by atoms with Crippen molar-refractivity contribution in [2.24, 2.45) is 5.41 Å². The Labute approximate surface area is 134 Å². The largest absolute Gasteiger partial charge is 0.316 e. The first-order valence-corrected chi connectivity index (χ1v) is 9.40. The van der Waals surface area contributed by atoms with E-state index in [4.69, 9.17) is 0 Å². The number of hydrogen-bond acceptors (Lipinski definition) is 2. The van der Waals surface area contributed by atoms with Crippen molar-refractivity contribution in [2.75, 3.05) is 19.6 Å². The molecule has 0 bridgehead atoms. The molecule has 2 heteroatoms. The Bertz CT molecular complexity index is 549. The van der Waals surface area contributed by atoms with Crippen LogP contribution in [0.3, 0.4) is 0 Å². The minimum absolute atomic E-state index is 0.674. The van der Waals surface area contributed by atoms with E-state index in [1.165, 1.54) is 64.6 Å². The molecule has 2 aliphatic heterocycles. The maximum atomic E-state index is 3.58. The highest BCUT2D eigenvalue weighted by atomic mass is 15.2. The molecule has 0 aromatic heterocycles. The lowest BCUT2D eigenvalue weighted by atomic mass is 9.64. The second kappa shape index (κ2) is 5.07. The Hall–Kier alpha value is -0.860. The summed E-state index contributed by atoms with van der Waals surface area (Å²) in [6.07, 6.45) is 9.92. The summed E-state index contributed by atoms with van der Waals surface area (Å²) in [7, 11) is 0. The van der Waals surface area contributed by atoms with Gasteiger partial charge in [-0.05, 0) is 80.5 Å². The maximum absolute atomic E-state index is 3.58. The molecule has 2 saturated carbocycles. The third kappa shape index (κ3) is 2.15. The first-order chi connectivity index (χ1) is 10.8. The lowest BCUT2D eigenvalue weighted by molar-refractivity contribution is 0.00628. The quantitative estimate of drug-likeness (QED) is 0.911. The van der Waals surface area contributed by atoms with Crippen molar-refractivity contribution < 1.29 is 0 Å². The molecule has 0 amide bonds. The van der Waals surface area contributed by atoms with E-state index in [2.05, 4.69) is 34.5 Å². The number of likely N-dealkylation sites (tertiary alicyclic amines) is 1. The number of benzene rings is 1. The van der Waals surface area contributed by atoms with Crippen LogP contribution >= 0.6 is 0 Å². The van der Waals surface area contributed by atoms with E-state index in [0.717, 1.165) is 12.0 Å². The molecular formula is C20H28N2. The lowest BCUT2D eigenvalue weighted by Gasteiger charge is -2.50. The first kappa shape index (κ1) is 13.6. The van der Waals surface area contributed by atoms with Gasteiger partial charge in [0.1, 0.15) is 0 Å². The molecule has 0 radical (unpaired) electrons. The number of nitrogens with zero attached hydrogens (tertiary/aromatic N) is 1. The standard InChI is InChI=1S/C20H28N2/c1-2-5-18(17(4-1)15-7-8-15)19-6-3-11-22(19)16-12-20(13-16)9-10-21-14-20/h1-2,4-5,15-16,19,21H,3,6-14H2/t16?,19-,20?/m0/s1. The zero-order valence-corrected chi connectivity index (χ0v) is 13.6. The van der Waals surface area contributed by atoms with Gasteiger partial charge in [0.25, 0.3) is 0 Å². The van der Waals surface area contributed by atoms with Crippen molar-refractivity contribution in [1.82, 2.24) is 10.2 Å². The molecule has 4 aliphatic rings. The van der Waals surface area contributed by atoms with Crippen LogP contribution in [0.1, 0.15) is 68.0 Å². The van der Waals surface area contributed by atoms with Gasteiger partial charge in [0, 0.05) is 18.6 Å². The minimum Gasteiger partial charge on any atom is -0.316 e. The van der Waals surface area contributed by atoms with Crippen LogP contribution in [-0.2, 0) is 0 Å². The third-order valence-corrected chi connectivity index (χ3v) is 6.80. The van der Waals surface area contributed by atoms with Gasteiger partial charge in [0.05, 0.1) is 0 Å². The Morgan fingerprint density at radius 3 is 2.59 bits per heavy atom. The normalized spacial score (nSPS) is 38.5. The van der Waals surface area contributed by atoms with Crippen LogP contribution < -0.4 is 5.32 Å². The molecule has 1 aromatic rings. The van der Waals surface area contributed by atoms with Gasteiger partial charge in [-0.3, -0.25) is 4.90 Å². The van der Waals surface area contributed by atoms with E-state index in [1.807, 2.05) is 0 Å². The molecule has 2 saturated heterocycles. The van der Waals surface area contributed by atoms with Crippen molar-refractivity contribution in [3.8, 4) is 0 Å². The van der Waals surface area contributed by atoms with Crippen LogP contribution in [0.4, 0.5) is 0 Å². The van der Waals surface area contributed by atoms with Gasteiger partial charge < -0.3 is 5.32 Å². The lowest BCUT2D eigenvalue weighted by Crippen LogP contribution is -2.51. The molecule has 2 aliphatic carbocycles. The highest BCUT2D eigenvalue weighted by Gasteiger charge is 2.50. The summed E-state index contributed by atoms with van der Waals surface area (Å²) in [6.45, 7) is 3.86. The van der Waals surface area contributed by atoms with Crippen LogP contribution in [0.2, 0.25) is 0 Å². The molecule has 5 rings (SSSR count). The molecule has 0 unspecified atom stereocenters. The molecule has 1 atom stereocenters. The Morgan fingerprint density at radius 1 is 1.05 bits per heavy atom. The van der Waals surface area contributed by atoms with Crippen molar-refractivity contribution in [3.63, 3.8) is 0 Å². The highest BCUT2D eigenvalue weighted by molar-refractivity contribution is 5.36. The summed E-state index contributed by atoms with van der Waals surface area (Å²) in [5.41, 5.74) is 4.03. The van der Waals surface area contributed by atoms with Crippen LogP contribution in [-0.4, -0.2) is 30.6 Å². The van der Waals surface area contributed by atoms with E-state index in [-0.39, 0.29) is 0 Å². The zero-order valence-electron chi connectivity index (χ0n) is 13.6. The van der Waals surface area contributed by atoms with E-state index in [0.29, 0.717) is 11.5 Å². The molecule has 1 spiro atoms. The molecule has 22 heavy (non-hydrogen) atoms. The predicted molar refractivity (Wildman–Crippen MR) is 90.0 cm³/mol. The van der Waals surface area contributed by atoms with Crippen molar-refractivity contribution in [3.05, 3.63) is 35.4 Å². The van der Waals surface area contributed by atoms with Gasteiger partial charge >= 0.3 is 0 Å². The molecular weight excluding hydrogens is 268 g/mol. The van der Waals surface area contributed by atoms with Gasteiger partial charge in [-0.2, -0.15) is 0 Å². The van der Waals surface area contributed by atoms with Crippen LogP contribution in [0.15, 0.2) is 24.3 Å². The fourth-order valence-electron chi connectivity index (χ4n) is 5.46. The second-order valence-corrected chi connectivity index (χ2v) is 8.29. The molecule has 1 N–H and O–H groups in total. The van der Waals surface area contributed by atoms with Crippen molar-refractivity contribution in [1.29, 1.82) is 0 Å². The Morgan fingerprint density at radius 2 is 1.86 bits per heavy atom. The third-order valence-electron chi connectivity index (χ3n) is 6.80. The van der Waals surface area contributed by atoms with E-state index in [9.17, 15) is 0 Å². The number of nitrogens with one attached hydrogen (secondary N) is 1. The second-order valence-electron chi connectivity index (χ2n) is 8.29. The molecule has 4 fully saturated rings. The van der Waals surface area contributed by atoms with E-state index < -0.39 is 0 Å². The fraction of sp³-hybridized carbons (Fsp3) is 0.700. The molecule has 2 nitrogen and oxygen atoms in total. The summed E-state index contributed by atoms with van der Waals surface area (Å²) < 4.78 is 0. The molecule has 2 heterocycles. The van der Waals surface area contributed by atoms with Crippen LogP contribution in [0.5, 0.6) is 0 Å². The number of rotatable bonds is 3. The smallest absolute Gasteiger partial charge is 0.0354 e. The number of hydrogen-bond donors (Lipinski definition) is 1.